The summed E-state index contributed by atoms with van der Waals surface area (Å²) in [7, 11) is 0. The second-order valence-electron chi connectivity index (χ2n) is 8.32. The maximum atomic E-state index is 12.9. The van der Waals surface area contributed by atoms with E-state index in [9.17, 15) is 4.79 Å². The minimum absolute atomic E-state index is 0.102. The van der Waals surface area contributed by atoms with E-state index in [1.54, 1.807) is 11.0 Å². The van der Waals surface area contributed by atoms with E-state index < -0.39 is 15.7 Å². The third-order valence-electron chi connectivity index (χ3n) is 4.67. The van der Waals surface area contributed by atoms with Crippen molar-refractivity contribution in [2.24, 2.45) is 0 Å². The highest BCUT2D eigenvalue weighted by molar-refractivity contribution is 6.68. The quantitative estimate of drug-likeness (QED) is 0.634. The van der Waals surface area contributed by atoms with Gasteiger partial charge < -0.3 is 19.1 Å². The molecule has 2 amide bonds. The number of nitrogens with one attached hydrogen (secondary N) is 1. The molecule has 6 nitrogen and oxygen atoms in total. The SMILES string of the molecule is C[C@@H]1CN(C(=O)N[C@]2(C(Cl)(Cl)Cl)Oc3ccc(C(C)(C)C)cc3O2)C[C@H](C)O1. The molecule has 2 aliphatic rings. The van der Waals surface area contributed by atoms with Gasteiger partial charge in [-0.15, -0.1) is 0 Å². The molecule has 0 aromatic heterocycles. The highest BCUT2D eigenvalue weighted by atomic mass is 35.6. The summed E-state index contributed by atoms with van der Waals surface area (Å²) in [5.41, 5.74) is 0.921. The number of hydrogen-bond acceptors (Lipinski definition) is 4. The van der Waals surface area contributed by atoms with Gasteiger partial charge in [0.1, 0.15) is 0 Å². The number of carbonyl (C=O) groups excluding carboxylic acids is 1. The second-order valence-corrected chi connectivity index (χ2v) is 10.6. The van der Waals surface area contributed by atoms with Gasteiger partial charge in [-0.2, -0.15) is 0 Å². The standard InChI is InChI=1S/C19H25Cl3N2O4/c1-11-9-24(10-12(2)26-11)16(25)23-19(18(20,21)22)27-14-7-6-13(17(3,4)5)8-15(14)28-19/h6-8,11-12H,9-10H2,1-5H3,(H,23,25)/t11-,12+,19-/m1/s1. The van der Waals surface area contributed by atoms with Crippen molar-refractivity contribution in [1.29, 1.82) is 0 Å². The number of fused-ring (bicyclic) bond motifs is 1. The van der Waals surface area contributed by atoms with Crippen molar-refractivity contribution in [2.45, 2.75) is 61.9 Å². The number of nitrogens with zero attached hydrogens (tertiary/aromatic N) is 1. The topological polar surface area (TPSA) is 60.0 Å². The van der Waals surface area contributed by atoms with Crippen molar-refractivity contribution in [3.05, 3.63) is 23.8 Å². The maximum Gasteiger partial charge on any atom is 0.389 e. The molecule has 0 radical (unpaired) electrons. The van der Waals surface area contributed by atoms with Gasteiger partial charge in [-0.1, -0.05) is 61.6 Å². The Morgan fingerprint density at radius 3 is 2.21 bits per heavy atom. The Kier molecular flexibility index (Phi) is 5.65. The minimum Gasteiger partial charge on any atom is -0.428 e. The summed E-state index contributed by atoms with van der Waals surface area (Å²) in [5, 5.41) is 2.64. The Balaban J connectivity index is 1.86. The van der Waals surface area contributed by atoms with Crippen LogP contribution in [-0.4, -0.2) is 45.9 Å². The van der Waals surface area contributed by atoms with Gasteiger partial charge in [0.15, 0.2) is 11.5 Å². The van der Waals surface area contributed by atoms with Gasteiger partial charge in [-0.25, -0.2) is 4.79 Å². The number of rotatable bonds is 1. The highest BCUT2D eigenvalue weighted by Crippen LogP contribution is 2.49. The first-order chi connectivity index (χ1) is 12.8. The van der Waals surface area contributed by atoms with E-state index in [1.165, 1.54) is 0 Å². The summed E-state index contributed by atoms with van der Waals surface area (Å²) in [4.78, 5) is 14.5. The lowest BCUT2D eigenvalue weighted by molar-refractivity contribution is -0.102. The van der Waals surface area contributed by atoms with E-state index in [-0.39, 0.29) is 17.6 Å². The maximum absolute atomic E-state index is 12.9. The molecule has 0 unspecified atom stereocenters. The van der Waals surface area contributed by atoms with E-state index in [2.05, 4.69) is 26.1 Å². The molecule has 1 aromatic carbocycles. The van der Waals surface area contributed by atoms with Crippen LogP contribution in [0.25, 0.3) is 0 Å². The molecule has 3 rings (SSSR count). The Bertz CT molecular complexity index is 753. The second kappa shape index (κ2) is 7.31. The van der Waals surface area contributed by atoms with Crippen LogP contribution in [0.5, 0.6) is 11.5 Å². The fraction of sp³-hybridized carbons (Fsp3) is 0.632. The molecule has 9 heteroatoms. The van der Waals surface area contributed by atoms with Crippen molar-refractivity contribution in [3.63, 3.8) is 0 Å². The average molecular weight is 452 g/mol. The molecule has 0 bridgehead atoms. The summed E-state index contributed by atoms with van der Waals surface area (Å²) >= 11 is 18.5. The van der Waals surface area contributed by atoms with Gasteiger partial charge in [0.25, 0.3) is 3.79 Å². The zero-order valence-corrected chi connectivity index (χ0v) is 18.8. The van der Waals surface area contributed by atoms with Crippen LogP contribution in [0.2, 0.25) is 0 Å². The van der Waals surface area contributed by atoms with Crippen molar-refractivity contribution in [2.75, 3.05) is 13.1 Å². The predicted octanol–water partition coefficient (Wildman–Crippen LogP) is 4.60. The van der Waals surface area contributed by atoms with Gasteiger partial charge in [0, 0.05) is 13.1 Å². The van der Waals surface area contributed by atoms with Crippen LogP contribution in [0.15, 0.2) is 18.2 Å². The molecule has 0 saturated carbocycles. The molecule has 156 valence electrons. The van der Waals surface area contributed by atoms with E-state index in [0.29, 0.717) is 24.6 Å². The van der Waals surface area contributed by atoms with Crippen LogP contribution in [0.4, 0.5) is 4.79 Å². The fourth-order valence-corrected chi connectivity index (χ4v) is 3.64. The summed E-state index contributed by atoms with van der Waals surface area (Å²) in [6.07, 6.45) is -0.203. The molecule has 2 heterocycles. The van der Waals surface area contributed by atoms with Crippen LogP contribution < -0.4 is 14.8 Å². The Hall–Kier alpha value is -1.08. The largest absolute Gasteiger partial charge is 0.428 e. The molecular weight excluding hydrogens is 427 g/mol. The van der Waals surface area contributed by atoms with Crippen LogP contribution in [0, 0.1) is 0 Å². The van der Waals surface area contributed by atoms with Crippen molar-refractivity contribution in [1.82, 2.24) is 10.2 Å². The Morgan fingerprint density at radius 1 is 1.11 bits per heavy atom. The number of amides is 2. The zero-order chi connectivity index (χ0) is 20.9. The van der Waals surface area contributed by atoms with Gasteiger partial charge in [-0.05, 0) is 37.0 Å². The van der Waals surface area contributed by atoms with Gasteiger partial charge in [0.05, 0.1) is 12.2 Å². The lowest BCUT2D eigenvalue weighted by Gasteiger charge is -2.39. The third kappa shape index (κ3) is 4.25. The number of hydrogen-bond donors (Lipinski definition) is 1. The Morgan fingerprint density at radius 2 is 1.68 bits per heavy atom. The number of benzene rings is 1. The summed E-state index contributed by atoms with van der Waals surface area (Å²) < 4.78 is 15.3. The van der Waals surface area contributed by atoms with Crippen LogP contribution in [-0.2, 0) is 10.2 Å². The molecule has 1 aromatic rings. The smallest absolute Gasteiger partial charge is 0.389 e. The summed E-state index contributed by atoms with van der Waals surface area (Å²) in [6.45, 7) is 10.8. The van der Waals surface area contributed by atoms with Crippen LogP contribution in [0.3, 0.4) is 0 Å². The number of alkyl halides is 3. The number of urea groups is 1. The number of carbonyl (C=O) groups is 1. The number of ether oxygens (including phenoxy) is 3. The molecule has 1 fully saturated rings. The molecule has 1 N–H and O–H groups in total. The van der Waals surface area contributed by atoms with Crippen molar-refractivity contribution in [3.8, 4) is 11.5 Å². The molecule has 3 atom stereocenters. The average Bonchev–Trinajstić information content (AvgIpc) is 2.91. The first-order valence-corrected chi connectivity index (χ1v) is 10.3. The number of halogens is 3. The molecular formula is C19H25Cl3N2O4. The number of morpholine rings is 1. The third-order valence-corrected chi connectivity index (χ3v) is 5.42. The minimum atomic E-state index is -2.08. The zero-order valence-electron chi connectivity index (χ0n) is 16.5. The molecule has 2 aliphatic heterocycles. The Labute approximate surface area is 180 Å². The lowest BCUT2D eigenvalue weighted by Crippen LogP contribution is -2.66. The summed E-state index contributed by atoms with van der Waals surface area (Å²) in [5.74, 6) is -1.18. The first-order valence-electron chi connectivity index (χ1n) is 9.12. The molecule has 0 spiro atoms. The molecule has 28 heavy (non-hydrogen) atoms. The van der Waals surface area contributed by atoms with E-state index in [4.69, 9.17) is 49.0 Å². The monoisotopic (exact) mass is 450 g/mol. The van der Waals surface area contributed by atoms with Crippen molar-refractivity contribution < 1.29 is 19.0 Å². The van der Waals surface area contributed by atoms with Crippen molar-refractivity contribution >= 4 is 40.8 Å². The first kappa shape index (κ1) is 21.6. The fourth-order valence-electron chi connectivity index (χ4n) is 3.27. The van der Waals surface area contributed by atoms with Crippen LogP contribution in [0.1, 0.15) is 40.2 Å². The van der Waals surface area contributed by atoms with Gasteiger partial charge in [0.2, 0.25) is 0 Å². The van der Waals surface area contributed by atoms with Gasteiger partial charge >= 0.3 is 11.9 Å². The predicted molar refractivity (Wildman–Crippen MR) is 110 cm³/mol. The van der Waals surface area contributed by atoms with Crippen LogP contribution >= 0.6 is 34.8 Å². The normalized spacial score (nSPS) is 27.6. The highest BCUT2D eigenvalue weighted by Gasteiger charge is 2.60. The van der Waals surface area contributed by atoms with E-state index in [1.807, 2.05) is 26.0 Å². The van der Waals surface area contributed by atoms with E-state index in [0.717, 1.165) is 5.56 Å². The summed E-state index contributed by atoms with van der Waals surface area (Å²) in [6, 6.07) is 5.04. The lowest BCUT2D eigenvalue weighted by atomic mass is 9.87. The molecule has 1 saturated heterocycles. The van der Waals surface area contributed by atoms with Gasteiger partial charge in [-0.3, -0.25) is 5.32 Å². The molecule has 0 aliphatic carbocycles. The van der Waals surface area contributed by atoms with E-state index >= 15 is 0 Å².